The minimum absolute atomic E-state index is 0.110. The molecule has 28 heavy (non-hydrogen) atoms. The van der Waals surface area contributed by atoms with E-state index in [4.69, 9.17) is 21.1 Å². The molecular weight excluding hydrogens is 389 g/mol. The summed E-state index contributed by atoms with van der Waals surface area (Å²) in [5.41, 5.74) is 0.122. The Morgan fingerprint density at radius 3 is 2.46 bits per heavy atom. The van der Waals surface area contributed by atoms with Crippen molar-refractivity contribution in [3.05, 3.63) is 64.4 Å². The highest BCUT2D eigenvalue weighted by atomic mass is 35.5. The van der Waals surface area contributed by atoms with Gasteiger partial charge in [0.05, 0.1) is 22.8 Å². The van der Waals surface area contributed by atoms with Gasteiger partial charge in [0.25, 0.3) is 5.91 Å². The van der Waals surface area contributed by atoms with E-state index < -0.39 is 30.3 Å². The molecule has 2 aromatic carbocycles. The maximum absolute atomic E-state index is 13.5. The van der Waals surface area contributed by atoms with Crippen molar-refractivity contribution in [2.24, 2.45) is 0 Å². The summed E-state index contributed by atoms with van der Waals surface area (Å²) in [4.78, 5) is 35.9. The molecule has 0 saturated carbocycles. The van der Waals surface area contributed by atoms with Crippen molar-refractivity contribution in [3.63, 3.8) is 0 Å². The Morgan fingerprint density at radius 2 is 1.75 bits per heavy atom. The van der Waals surface area contributed by atoms with Gasteiger partial charge in [-0.3, -0.25) is 4.79 Å². The molecule has 0 fully saturated rings. The van der Waals surface area contributed by atoms with E-state index in [9.17, 15) is 18.8 Å². The van der Waals surface area contributed by atoms with Crippen LogP contribution in [0.1, 0.15) is 40.5 Å². The summed E-state index contributed by atoms with van der Waals surface area (Å²) < 4.78 is 23.4. The molecule has 1 N–H and O–H groups in total. The fourth-order valence-corrected chi connectivity index (χ4v) is 2.37. The molecular formula is C20H19ClFNO5. The second kappa shape index (κ2) is 10.4. The van der Waals surface area contributed by atoms with Gasteiger partial charge in [0.2, 0.25) is 0 Å². The predicted octanol–water partition coefficient (Wildman–Crippen LogP) is 4.23. The molecule has 1 amide bonds. The number of unbranched alkanes of at least 4 members (excludes halogenated alkanes) is 1. The number of benzene rings is 2. The van der Waals surface area contributed by atoms with E-state index in [1.165, 1.54) is 36.4 Å². The zero-order valence-corrected chi connectivity index (χ0v) is 15.9. The molecule has 0 aromatic heterocycles. The van der Waals surface area contributed by atoms with Crippen molar-refractivity contribution in [3.8, 4) is 0 Å². The number of anilines is 1. The van der Waals surface area contributed by atoms with Crippen molar-refractivity contribution in [2.75, 3.05) is 18.5 Å². The first-order valence-corrected chi connectivity index (χ1v) is 8.98. The molecule has 0 spiro atoms. The summed E-state index contributed by atoms with van der Waals surface area (Å²) in [6, 6.07) is 9.59. The van der Waals surface area contributed by atoms with E-state index in [0.29, 0.717) is 0 Å². The highest BCUT2D eigenvalue weighted by molar-refractivity contribution is 6.33. The van der Waals surface area contributed by atoms with Crippen LogP contribution in [0.3, 0.4) is 0 Å². The van der Waals surface area contributed by atoms with E-state index in [2.05, 4.69) is 5.32 Å². The maximum atomic E-state index is 13.5. The number of rotatable bonds is 8. The van der Waals surface area contributed by atoms with Crippen LogP contribution in [0.5, 0.6) is 0 Å². The summed E-state index contributed by atoms with van der Waals surface area (Å²) in [7, 11) is 0. The van der Waals surface area contributed by atoms with Gasteiger partial charge in [0.15, 0.2) is 6.61 Å². The fourth-order valence-electron chi connectivity index (χ4n) is 2.18. The van der Waals surface area contributed by atoms with Crippen LogP contribution >= 0.6 is 11.6 Å². The Kier molecular flexibility index (Phi) is 7.95. The quantitative estimate of drug-likeness (QED) is 0.523. The molecule has 0 radical (unpaired) electrons. The third kappa shape index (κ3) is 6.06. The van der Waals surface area contributed by atoms with Crippen molar-refractivity contribution < 1.29 is 28.2 Å². The molecule has 2 rings (SSSR count). The van der Waals surface area contributed by atoms with Crippen LogP contribution < -0.4 is 5.32 Å². The van der Waals surface area contributed by atoms with E-state index in [0.717, 1.165) is 18.9 Å². The molecule has 0 aliphatic rings. The Hall–Kier alpha value is -2.93. The molecule has 0 unspecified atom stereocenters. The van der Waals surface area contributed by atoms with Gasteiger partial charge in [-0.05, 0) is 36.8 Å². The monoisotopic (exact) mass is 407 g/mol. The second-order valence-electron chi connectivity index (χ2n) is 5.79. The number of ether oxygens (including phenoxy) is 2. The van der Waals surface area contributed by atoms with E-state index >= 15 is 0 Å². The summed E-state index contributed by atoms with van der Waals surface area (Å²) in [6.45, 7) is 1.62. The molecule has 6 nitrogen and oxygen atoms in total. The highest BCUT2D eigenvalue weighted by Crippen LogP contribution is 2.21. The number of hydrogen-bond acceptors (Lipinski definition) is 5. The summed E-state index contributed by atoms with van der Waals surface area (Å²) in [5, 5.41) is 2.66. The smallest absolute Gasteiger partial charge is 0.341 e. The van der Waals surface area contributed by atoms with Gasteiger partial charge in [0.1, 0.15) is 5.82 Å². The van der Waals surface area contributed by atoms with Gasteiger partial charge in [-0.25, -0.2) is 14.0 Å². The molecule has 2 aromatic rings. The van der Waals surface area contributed by atoms with Crippen LogP contribution in [-0.4, -0.2) is 31.1 Å². The number of carbonyl (C=O) groups excluding carboxylic acids is 3. The standard InChI is InChI=1S/C20H19ClFNO5/c1-2-3-10-27-20(26)15-11-13(8-9-16(15)21)23-18(24)12-28-19(25)14-6-4-5-7-17(14)22/h4-9,11H,2-3,10,12H2,1H3,(H,23,24). The van der Waals surface area contributed by atoms with Gasteiger partial charge in [-0.15, -0.1) is 0 Å². The SMILES string of the molecule is CCCCOC(=O)c1cc(NC(=O)COC(=O)c2ccccc2F)ccc1Cl. The number of amides is 1. The van der Waals surface area contributed by atoms with E-state index in [1.54, 1.807) is 0 Å². The van der Waals surface area contributed by atoms with Crippen LogP contribution in [-0.2, 0) is 14.3 Å². The number of halogens is 2. The van der Waals surface area contributed by atoms with Crippen LogP contribution in [0, 0.1) is 5.82 Å². The highest BCUT2D eigenvalue weighted by Gasteiger charge is 2.16. The number of nitrogens with one attached hydrogen (secondary N) is 1. The Bertz CT molecular complexity index is 871. The molecule has 0 aliphatic carbocycles. The Labute approximate surface area is 166 Å². The molecule has 0 bridgehead atoms. The average Bonchev–Trinajstić information content (AvgIpc) is 2.68. The van der Waals surface area contributed by atoms with Crippen LogP contribution in [0.4, 0.5) is 10.1 Å². The first kappa shape index (κ1) is 21.4. The predicted molar refractivity (Wildman–Crippen MR) is 102 cm³/mol. The average molecular weight is 408 g/mol. The number of esters is 2. The van der Waals surface area contributed by atoms with Gasteiger partial charge in [-0.1, -0.05) is 37.1 Å². The van der Waals surface area contributed by atoms with Gasteiger partial charge in [0, 0.05) is 5.69 Å². The van der Waals surface area contributed by atoms with Crippen molar-refractivity contribution in [1.29, 1.82) is 0 Å². The van der Waals surface area contributed by atoms with Crippen LogP contribution in [0.15, 0.2) is 42.5 Å². The summed E-state index contributed by atoms with van der Waals surface area (Å²) in [6.07, 6.45) is 1.61. The minimum Gasteiger partial charge on any atom is -0.462 e. The third-order valence-electron chi connectivity index (χ3n) is 3.63. The number of hydrogen-bond donors (Lipinski definition) is 1. The molecule has 0 aliphatic heterocycles. The topological polar surface area (TPSA) is 81.7 Å². The lowest BCUT2D eigenvalue weighted by molar-refractivity contribution is -0.119. The fraction of sp³-hybridized carbons (Fsp3) is 0.250. The Balaban J connectivity index is 1.94. The van der Waals surface area contributed by atoms with Crippen molar-refractivity contribution >= 4 is 35.1 Å². The normalized spacial score (nSPS) is 10.2. The van der Waals surface area contributed by atoms with Crippen molar-refractivity contribution in [2.45, 2.75) is 19.8 Å². The van der Waals surface area contributed by atoms with Gasteiger partial charge < -0.3 is 14.8 Å². The summed E-state index contributed by atoms with van der Waals surface area (Å²) >= 11 is 6.01. The third-order valence-corrected chi connectivity index (χ3v) is 3.96. The van der Waals surface area contributed by atoms with E-state index in [-0.39, 0.29) is 28.4 Å². The molecule has 8 heteroatoms. The first-order chi connectivity index (χ1) is 13.4. The lowest BCUT2D eigenvalue weighted by Crippen LogP contribution is -2.21. The first-order valence-electron chi connectivity index (χ1n) is 8.60. The van der Waals surface area contributed by atoms with Gasteiger partial charge >= 0.3 is 11.9 Å². The number of carbonyl (C=O) groups is 3. The Morgan fingerprint density at radius 1 is 1.04 bits per heavy atom. The molecule has 0 saturated heterocycles. The van der Waals surface area contributed by atoms with E-state index in [1.807, 2.05) is 6.92 Å². The van der Waals surface area contributed by atoms with Gasteiger partial charge in [-0.2, -0.15) is 0 Å². The molecule has 148 valence electrons. The molecule has 0 atom stereocenters. The lowest BCUT2D eigenvalue weighted by atomic mass is 10.2. The van der Waals surface area contributed by atoms with Crippen LogP contribution in [0.2, 0.25) is 5.02 Å². The minimum atomic E-state index is -0.954. The van der Waals surface area contributed by atoms with Crippen molar-refractivity contribution in [1.82, 2.24) is 0 Å². The lowest BCUT2D eigenvalue weighted by Gasteiger charge is -2.10. The zero-order chi connectivity index (χ0) is 20.5. The summed E-state index contributed by atoms with van der Waals surface area (Å²) in [5.74, 6) is -2.95. The second-order valence-corrected chi connectivity index (χ2v) is 6.20. The molecule has 0 heterocycles. The zero-order valence-electron chi connectivity index (χ0n) is 15.2. The van der Waals surface area contributed by atoms with Crippen LogP contribution in [0.25, 0.3) is 0 Å². The largest absolute Gasteiger partial charge is 0.462 e. The maximum Gasteiger partial charge on any atom is 0.341 e.